The monoisotopic (exact) mass is 391 g/mol. The minimum absolute atomic E-state index is 0.140. The van der Waals surface area contributed by atoms with Gasteiger partial charge in [0.2, 0.25) is 10.0 Å². The van der Waals surface area contributed by atoms with Crippen LogP contribution in [0.3, 0.4) is 0 Å². The smallest absolute Gasteiger partial charge is 0.263 e. The molecule has 6 nitrogen and oxygen atoms in total. The van der Waals surface area contributed by atoms with Gasteiger partial charge in [-0.15, -0.1) is 11.3 Å². The first-order chi connectivity index (χ1) is 9.78. The van der Waals surface area contributed by atoms with Crippen LogP contribution >= 0.6 is 27.3 Å². The third-order valence-electron chi connectivity index (χ3n) is 2.67. The van der Waals surface area contributed by atoms with Crippen LogP contribution in [0.15, 0.2) is 22.7 Å². The third-order valence-corrected chi connectivity index (χ3v) is 5.08. The lowest BCUT2D eigenvalue weighted by Gasteiger charge is -2.04. The average Bonchev–Trinajstić information content (AvgIpc) is 2.71. The number of carbonyl (C=O) groups is 1. The van der Waals surface area contributed by atoms with Gasteiger partial charge in [-0.05, 0) is 18.2 Å². The Morgan fingerprint density at radius 2 is 2.10 bits per heavy atom. The average molecular weight is 392 g/mol. The van der Waals surface area contributed by atoms with Gasteiger partial charge in [-0.3, -0.25) is 4.79 Å². The van der Waals surface area contributed by atoms with Crippen molar-refractivity contribution in [3.63, 3.8) is 0 Å². The highest BCUT2D eigenvalue weighted by molar-refractivity contribution is 9.10. The quantitative estimate of drug-likeness (QED) is 0.672. The molecule has 2 rings (SSSR count). The number of amides is 1. The van der Waals surface area contributed by atoms with Gasteiger partial charge in [-0.2, -0.15) is 0 Å². The van der Waals surface area contributed by atoms with Crippen molar-refractivity contribution in [2.45, 2.75) is 0 Å². The highest BCUT2D eigenvalue weighted by Crippen LogP contribution is 2.35. The number of carbonyl (C=O) groups excluding carboxylic acids is 1. The molecule has 1 amide bonds. The topological polar surface area (TPSA) is 101 Å². The van der Waals surface area contributed by atoms with Crippen LogP contribution in [0.25, 0.3) is 10.1 Å². The largest absolute Gasteiger partial charge is 0.397 e. The van der Waals surface area contributed by atoms with E-state index < -0.39 is 10.0 Å². The van der Waals surface area contributed by atoms with Crippen LogP contribution in [0.1, 0.15) is 9.67 Å². The van der Waals surface area contributed by atoms with Gasteiger partial charge in [-0.25, -0.2) is 13.1 Å². The molecule has 2 aromatic rings. The molecule has 0 saturated heterocycles. The first-order valence-electron chi connectivity index (χ1n) is 5.98. The number of hydrogen-bond donors (Lipinski definition) is 3. The summed E-state index contributed by atoms with van der Waals surface area (Å²) in [5, 5.41) is 3.47. The summed E-state index contributed by atoms with van der Waals surface area (Å²) in [7, 11) is -3.25. The second-order valence-electron chi connectivity index (χ2n) is 4.41. The summed E-state index contributed by atoms with van der Waals surface area (Å²) in [4.78, 5) is 12.5. The van der Waals surface area contributed by atoms with Crippen molar-refractivity contribution < 1.29 is 13.2 Å². The van der Waals surface area contributed by atoms with Gasteiger partial charge in [-0.1, -0.05) is 15.9 Å². The molecule has 114 valence electrons. The lowest BCUT2D eigenvalue weighted by Crippen LogP contribution is -2.34. The lowest BCUT2D eigenvalue weighted by molar-refractivity contribution is 0.0959. The number of fused-ring (bicyclic) bond motifs is 1. The second kappa shape index (κ2) is 6.30. The van der Waals surface area contributed by atoms with Crippen LogP contribution in [-0.2, 0) is 10.0 Å². The predicted octanol–water partition coefficient (Wildman–Crippen LogP) is 1.52. The Kier molecular flexibility index (Phi) is 4.87. The van der Waals surface area contributed by atoms with Gasteiger partial charge < -0.3 is 11.1 Å². The fourth-order valence-corrected chi connectivity index (χ4v) is 3.60. The molecule has 1 aromatic carbocycles. The summed E-state index contributed by atoms with van der Waals surface area (Å²) >= 11 is 4.67. The molecule has 0 fully saturated rings. The van der Waals surface area contributed by atoms with E-state index in [4.69, 9.17) is 5.73 Å². The molecule has 1 heterocycles. The number of benzene rings is 1. The number of hydrogen-bond acceptors (Lipinski definition) is 5. The predicted molar refractivity (Wildman–Crippen MR) is 89.1 cm³/mol. The minimum atomic E-state index is -3.25. The molecule has 0 aliphatic rings. The first kappa shape index (κ1) is 16.2. The maximum absolute atomic E-state index is 12.1. The Labute approximate surface area is 134 Å². The number of nitrogen functional groups attached to an aromatic ring is 1. The summed E-state index contributed by atoms with van der Waals surface area (Å²) in [6.07, 6.45) is 1.07. The fourth-order valence-electron chi connectivity index (χ4n) is 1.75. The minimum Gasteiger partial charge on any atom is -0.397 e. The molecule has 0 unspecified atom stereocenters. The van der Waals surface area contributed by atoms with Crippen LogP contribution in [0.5, 0.6) is 0 Å². The molecule has 0 radical (unpaired) electrons. The van der Waals surface area contributed by atoms with E-state index in [1.165, 1.54) is 11.3 Å². The number of halogens is 1. The Balaban J connectivity index is 2.08. The van der Waals surface area contributed by atoms with Crippen molar-refractivity contribution in [3.8, 4) is 0 Å². The zero-order chi connectivity index (χ0) is 15.6. The van der Waals surface area contributed by atoms with Crippen molar-refractivity contribution in [2.24, 2.45) is 0 Å². The Morgan fingerprint density at radius 3 is 2.76 bits per heavy atom. The zero-order valence-electron chi connectivity index (χ0n) is 11.1. The van der Waals surface area contributed by atoms with Crippen LogP contribution < -0.4 is 15.8 Å². The van der Waals surface area contributed by atoms with Gasteiger partial charge in [0, 0.05) is 27.6 Å². The maximum atomic E-state index is 12.1. The summed E-state index contributed by atoms with van der Waals surface area (Å²) in [5.74, 6) is -0.305. The Bertz CT molecular complexity index is 786. The van der Waals surface area contributed by atoms with E-state index in [9.17, 15) is 13.2 Å². The zero-order valence-corrected chi connectivity index (χ0v) is 14.4. The molecule has 4 N–H and O–H groups in total. The van der Waals surface area contributed by atoms with E-state index in [-0.39, 0.29) is 19.0 Å². The third kappa shape index (κ3) is 4.16. The SMILES string of the molecule is CS(=O)(=O)NCCNC(=O)c1sc2ccc(Br)cc2c1N. The highest BCUT2D eigenvalue weighted by atomic mass is 79.9. The van der Waals surface area contributed by atoms with E-state index in [1.54, 1.807) is 0 Å². The van der Waals surface area contributed by atoms with E-state index in [2.05, 4.69) is 26.0 Å². The van der Waals surface area contributed by atoms with Gasteiger partial charge >= 0.3 is 0 Å². The van der Waals surface area contributed by atoms with E-state index >= 15 is 0 Å². The Morgan fingerprint density at radius 1 is 1.38 bits per heavy atom. The van der Waals surface area contributed by atoms with E-state index in [1.807, 2.05) is 18.2 Å². The molecule has 0 aliphatic carbocycles. The van der Waals surface area contributed by atoms with Gasteiger partial charge in [0.25, 0.3) is 5.91 Å². The van der Waals surface area contributed by atoms with E-state index in [0.29, 0.717) is 10.6 Å². The van der Waals surface area contributed by atoms with Crippen molar-refractivity contribution >= 4 is 59.0 Å². The molecule has 0 atom stereocenters. The molecule has 1 aromatic heterocycles. The highest BCUT2D eigenvalue weighted by Gasteiger charge is 2.16. The molecule has 0 saturated carbocycles. The molecule has 0 bridgehead atoms. The lowest BCUT2D eigenvalue weighted by atomic mass is 10.2. The van der Waals surface area contributed by atoms with Gasteiger partial charge in [0.15, 0.2) is 0 Å². The fraction of sp³-hybridized carbons (Fsp3) is 0.250. The number of thiophene rings is 1. The van der Waals surface area contributed by atoms with Crippen molar-refractivity contribution in [3.05, 3.63) is 27.5 Å². The standard InChI is InChI=1S/C12H14BrN3O3S2/c1-21(18,19)16-5-4-15-12(17)11-10(14)8-6-7(13)2-3-9(8)20-11/h2-3,6,16H,4-5,14H2,1H3,(H,15,17). The number of anilines is 1. The normalized spacial score (nSPS) is 11.7. The van der Waals surface area contributed by atoms with Crippen molar-refractivity contribution in [1.82, 2.24) is 10.0 Å². The van der Waals surface area contributed by atoms with E-state index in [0.717, 1.165) is 20.8 Å². The van der Waals surface area contributed by atoms with Crippen molar-refractivity contribution in [1.29, 1.82) is 0 Å². The Hall–Kier alpha value is -1.16. The van der Waals surface area contributed by atoms with Crippen LogP contribution in [0.2, 0.25) is 0 Å². The van der Waals surface area contributed by atoms with Crippen LogP contribution in [0.4, 0.5) is 5.69 Å². The van der Waals surface area contributed by atoms with Gasteiger partial charge in [0.1, 0.15) is 4.88 Å². The number of nitrogens with one attached hydrogen (secondary N) is 2. The number of sulfonamides is 1. The molecule has 0 spiro atoms. The van der Waals surface area contributed by atoms with Gasteiger partial charge in [0.05, 0.1) is 11.9 Å². The summed E-state index contributed by atoms with van der Waals surface area (Å²) in [6.45, 7) is 0.338. The molecule has 0 aliphatic heterocycles. The molecular formula is C12H14BrN3O3S2. The number of nitrogens with two attached hydrogens (primary N) is 1. The molecule has 21 heavy (non-hydrogen) atoms. The van der Waals surface area contributed by atoms with Crippen LogP contribution in [0, 0.1) is 0 Å². The maximum Gasteiger partial charge on any atom is 0.263 e. The van der Waals surface area contributed by atoms with Crippen LogP contribution in [-0.4, -0.2) is 33.7 Å². The molecule has 9 heteroatoms. The number of rotatable bonds is 5. The summed E-state index contributed by atoms with van der Waals surface area (Å²) < 4.78 is 25.9. The summed E-state index contributed by atoms with van der Waals surface area (Å²) in [5.41, 5.74) is 6.43. The second-order valence-corrected chi connectivity index (χ2v) is 8.21. The van der Waals surface area contributed by atoms with Crippen molar-refractivity contribution in [2.75, 3.05) is 25.1 Å². The summed E-state index contributed by atoms with van der Waals surface area (Å²) in [6, 6.07) is 5.64. The first-order valence-corrected chi connectivity index (χ1v) is 9.48. The molecular weight excluding hydrogens is 378 g/mol.